The number of methoxy groups -OCH3 is 1. The fourth-order valence-corrected chi connectivity index (χ4v) is 1.28. The van der Waals surface area contributed by atoms with E-state index < -0.39 is 11.6 Å². The predicted octanol–water partition coefficient (Wildman–Crippen LogP) is 1.46. The smallest absolute Gasteiger partial charge is 0.194 e. The van der Waals surface area contributed by atoms with Crippen LogP contribution in [0.5, 0.6) is 11.5 Å². The molecule has 3 nitrogen and oxygen atoms in total. The molecule has 0 saturated carbocycles. The lowest BCUT2D eigenvalue weighted by molar-refractivity contribution is 0.287. The maximum Gasteiger partial charge on any atom is 0.194 e. The number of halogens is 1. The maximum atomic E-state index is 12.9. The molecule has 0 saturated heterocycles. The van der Waals surface area contributed by atoms with E-state index in [0.29, 0.717) is 18.4 Å². The number of phenolic OH excluding ortho intramolecular Hbond substituents is 1. The van der Waals surface area contributed by atoms with Gasteiger partial charge in [-0.25, -0.2) is 4.39 Å². The Hall–Kier alpha value is -1.29. The van der Waals surface area contributed by atoms with E-state index in [0.717, 1.165) is 0 Å². The SMILES string of the molecule is COc1c(CCCO)ccc(F)c1O. The lowest BCUT2D eigenvalue weighted by Crippen LogP contribution is -1.96. The highest BCUT2D eigenvalue weighted by Crippen LogP contribution is 2.33. The Morgan fingerprint density at radius 2 is 2.14 bits per heavy atom. The number of ether oxygens (including phenoxy) is 1. The number of rotatable bonds is 4. The van der Waals surface area contributed by atoms with Crippen molar-refractivity contribution in [1.29, 1.82) is 0 Å². The van der Waals surface area contributed by atoms with Crippen molar-refractivity contribution < 1.29 is 19.3 Å². The Balaban J connectivity index is 2.98. The quantitative estimate of drug-likeness (QED) is 0.773. The van der Waals surface area contributed by atoms with Crippen molar-refractivity contribution in [3.63, 3.8) is 0 Å². The summed E-state index contributed by atoms with van der Waals surface area (Å²) in [5.41, 5.74) is 0.695. The minimum atomic E-state index is -0.699. The first kappa shape index (κ1) is 10.8. The molecule has 1 aromatic carbocycles. The van der Waals surface area contributed by atoms with Gasteiger partial charge >= 0.3 is 0 Å². The topological polar surface area (TPSA) is 49.7 Å². The number of aliphatic hydroxyl groups is 1. The van der Waals surface area contributed by atoms with Gasteiger partial charge in [0.25, 0.3) is 0 Å². The van der Waals surface area contributed by atoms with Crippen molar-refractivity contribution >= 4 is 0 Å². The Kier molecular flexibility index (Phi) is 3.71. The Bertz CT molecular complexity index is 312. The van der Waals surface area contributed by atoms with Crippen LogP contribution in [0.3, 0.4) is 0 Å². The van der Waals surface area contributed by atoms with E-state index in [1.807, 2.05) is 0 Å². The van der Waals surface area contributed by atoms with Gasteiger partial charge < -0.3 is 14.9 Å². The van der Waals surface area contributed by atoms with Gasteiger partial charge in [0, 0.05) is 6.61 Å². The second-order valence-corrected chi connectivity index (χ2v) is 2.92. The minimum absolute atomic E-state index is 0.0568. The minimum Gasteiger partial charge on any atom is -0.502 e. The van der Waals surface area contributed by atoms with Crippen LogP contribution >= 0.6 is 0 Å². The number of hydrogen-bond donors (Lipinski definition) is 2. The second-order valence-electron chi connectivity index (χ2n) is 2.92. The number of hydrogen-bond acceptors (Lipinski definition) is 3. The Morgan fingerprint density at radius 1 is 1.43 bits per heavy atom. The van der Waals surface area contributed by atoms with Crippen molar-refractivity contribution in [3.05, 3.63) is 23.5 Å². The Morgan fingerprint density at radius 3 is 2.71 bits per heavy atom. The van der Waals surface area contributed by atoms with E-state index in [-0.39, 0.29) is 12.4 Å². The van der Waals surface area contributed by atoms with Crippen molar-refractivity contribution in [1.82, 2.24) is 0 Å². The second kappa shape index (κ2) is 4.81. The third-order valence-corrected chi connectivity index (χ3v) is 1.97. The van der Waals surface area contributed by atoms with E-state index in [1.165, 1.54) is 13.2 Å². The van der Waals surface area contributed by atoms with Crippen molar-refractivity contribution in [2.45, 2.75) is 12.8 Å². The van der Waals surface area contributed by atoms with Crippen molar-refractivity contribution in [2.75, 3.05) is 13.7 Å². The van der Waals surface area contributed by atoms with Gasteiger partial charge in [0.05, 0.1) is 7.11 Å². The summed E-state index contributed by atoms with van der Waals surface area (Å²) in [6.45, 7) is 0.0568. The molecule has 2 N–H and O–H groups in total. The van der Waals surface area contributed by atoms with Crippen LogP contribution in [0.25, 0.3) is 0 Å². The normalized spacial score (nSPS) is 10.2. The maximum absolute atomic E-state index is 12.9. The number of benzene rings is 1. The monoisotopic (exact) mass is 200 g/mol. The van der Waals surface area contributed by atoms with E-state index in [9.17, 15) is 9.50 Å². The summed E-state index contributed by atoms with van der Waals surface area (Å²) in [7, 11) is 1.37. The fourth-order valence-electron chi connectivity index (χ4n) is 1.28. The standard InChI is InChI=1S/C10H13FO3/c1-14-10-7(3-2-6-12)4-5-8(11)9(10)13/h4-5,12-13H,2-3,6H2,1H3. The molecule has 1 aromatic rings. The van der Waals surface area contributed by atoms with Gasteiger partial charge in [-0.15, -0.1) is 0 Å². The molecule has 0 bridgehead atoms. The molecular weight excluding hydrogens is 187 g/mol. The highest BCUT2D eigenvalue weighted by molar-refractivity contribution is 5.46. The zero-order valence-corrected chi connectivity index (χ0v) is 7.96. The zero-order chi connectivity index (χ0) is 10.6. The van der Waals surface area contributed by atoms with Crippen molar-refractivity contribution in [2.24, 2.45) is 0 Å². The summed E-state index contributed by atoms with van der Waals surface area (Å²) in [4.78, 5) is 0. The molecule has 0 atom stereocenters. The van der Waals surface area contributed by atoms with Crippen LogP contribution in [0.1, 0.15) is 12.0 Å². The van der Waals surface area contributed by atoms with E-state index in [4.69, 9.17) is 9.84 Å². The van der Waals surface area contributed by atoms with Crippen LogP contribution in [-0.4, -0.2) is 23.9 Å². The van der Waals surface area contributed by atoms with Crippen LogP contribution in [0, 0.1) is 5.82 Å². The average Bonchev–Trinajstić information content (AvgIpc) is 2.20. The molecule has 1 rings (SSSR count). The molecule has 0 fully saturated rings. The summed E-state index contributed by atoms with van der Waals surface area (Å²) >= 11 is 0. The molecular formula is C10H13FO3. The lowest BCUT2D eigenvalue weighted by Gasteiger charge is -2.09. The molecule has 0 amide bonds. The molecule has 0 aromatic heterocycles. The summed E-state index contributed by atoms with van der Waals surface area (Å²) < 4.78 is 17.8. The summed E-state index contributed by atoms with van der Waals surface area (Å²) in [5.74, 6) is -1.02. The summed E-state index contributed by atoms with van der Waals surface area (Å²) in [5, 5.41) is 18.0. The highest BCUT2D eigenvalue weighted by atomic mass is 19.1. The van der Waals surface area contributed by atoms with Gasteiger partial charge in [0.15, 0.2) is 17.3 Å². The first-order chi connectivity index (χ1) is 6.70. The molecule has 0 aliphatic carbocycles. The zero-order valence-electron chi connectivity index (χ0n) is 7.96. The first-order valence-electron chi connectivity index (χ1n) is 4.36. The third-order valence-electron chi connectivity index (χ3n) is 1.97. The van der Waals surface area contributed by atoms with Crippen LogP contribution in [-0.2, 0) is 6.42 Å². The summed E-state index contributed by atoms with van der Waals surface area (Å²) in [6.07, 6.45) is 1.11. The summed E-state index contributed by atoms with van der Waals surface area (Å²) in [6, 6.07) is 2.73. The van der Waals surface area contributed by atoms with Crippen LogP contribution in [0.4, 0.5) is 4.39 Å². The number of aliphatic hydroxyl groups excluding tert-OH is 1. The lowest BCUT2D eigenvalue weighted by atomic mass is 10.1. The van der Waals surface area contributed by atoms with E-state index in [2.05, 4.69) is 0 Å². The van der Waals surface area contributed by atoms with Gasteiger partial charge in [-0.1, -0.05) is 6.07 Å². The van der Waals surface area contributed by atoms with Crippen LogP contribution in [0.2, 0.25) is 0 Å². The Labute approximate surface area is 81.8 Å². The number of aryl methyl sites for hydroxylation is 1. The van der Waals surface area contributed by atoms with Crippen molar-refractivity contribution in [3.8, 4) is 11.5 Å². The average molecular weight is 200 g/mol. The molecule has 4 heteroatoms. The largest absolute Gasteiger partial charge is 0.502 e. The van der Waals surface area contributed by atoms with Gasteiger partial charge in [-0.3, -0.25) is 0 Å². The van der Waals surface area contributed by atoms with Gasteiger partial charge in [0.1, 0.15) is 0 Å². The molecule has 0 aliphatic heterocycles. The first-order valence-corrected chi connectivity index (χ1v) is 4.36. The number of phenols is 1. The van der Waals surface area contributed by atoms with E-state index in [1.54, 1.807) is 6.07 Å². The molecule has 0 spiro atoms. The molecule has 14 heavy (non-hydrogen) atoms. The molecule has 78 valence electrons. The highest BCUT2D eigenvalue weighted by Gasteiger charge is 2.12. The molecule has 0 heterocycles. The fraction of sp³-hybridized carbons (Fsp3) is 0.400. The predicted molar refractivity (Wildman–Crippen MR) is 50.0 cm³/mol. The number of aromatic hydroxyl groups is 1. The van der Waals surface area contributed by atoms with Gasteiger partial charge in [-0.05, 0) is 24.5 Å². The van der Waals surface area contributed by atoms with Gasteiger partial charge in [0.2, 0.25) is 0 Å². The molecule has 0 unspecified atom stereocenters. The van der Waals surface area contributed by atoms with Crippen LogP contribution < -0.4 is 4.74 Å². The van der Waals surface area contributed by atoms with Gasteiger partial charge in [-0.2, -0.15) is 0 Å². The molecule has 0 aliphatic rings. The van der Waals surface area contributed by atoms with E-state index >= 15 is 0 Å². The third kappa shape index (κ3) is 2.14. The van der Waals surface area contributed by atoms with Crippen LogP contribution in [0.15, 0.2) is 12.1 Å². The molecule has 0 radical (unpaired) electrons.